The van der Waals surface area contributed by atoms with Crippen LogP contribution in [-0.4, -0.2) is 25.8 Å². The minimum atomic E-state index is -0.336. The fourth-order valence-electron chi connectivity index (χ4n) is 2.62. The van der Waals surface area contributed by atoms with Crippen LogP contribution < -0.4 is 10.8 Å². The van der Waals surface area contributed by atoms with E-state index in [0.29, 0.717) is 11.3 Å². The quantitative estimate of drug-likeness (QED) is 0.556. The first-order valence-corrected chi connectivity index (χ1v) is 8.53. The predicted molar refractivity (Wildman–Crippen MR) is 107 cm³/mol. The van der Waals surface area contributed by atoms with Crippen LogP contribution in [0.2, 0.25) is 0 Å². The van der Waals surface area contributed by atoms with Crippen molar-refractivity contribution in [2.45, 2.75) is 20.5 Å². The highest BCUT2D eigenvalue weighted by Gasteiger charge is 2.17. The standard InChI is InChI=1S/C21H25N3O3/c1-14-10-11-15(2)19(12-14)16(3)23-27-13-17-8-6-7-9-18(17)20(24-26-5)21(25)22-4/h6-12,23H,3,13H2,1-2,4-5H3,(H,22,25). The molecule has 2 aromatic rings. The first-order chi connectivity index (χ1) is 13.0. The summed E-state index contributed by atoms with van der Waals surface area (Å²) in [4.78, 5) is 22.6. The van der Waals surface area contributed by atoms with Gasteiger partial charge in [0.05, 0.1) is 5.70 Å². The number of carbonyl (C=O) groups is 1. The Morgan fingerprint density at radius 3 is 2.59 bits per heavy atom. The van der Waals surface area contributed by atoms with E-state index in [4.69, 9.17) is 9.68 Å². The lowest BCUT2D eigenvalue weighted by Crippen LogP contribution is -2.29. The lowest BCUT2D eigenvalue weighted by Gasteiger charge is -2.15. The van der Waals surface area contributed by atoms with E-state index < -0.39 is 0 Å². The molecule has 0 radical (unpaired) electrons. The Morgan fingerprint density at radius 2 is 1.89 bits per heavy atom. The van der Waals surface area contributed by atoms with Crippen LogP contribution >= 0.6 is 0 Å². The van der Waals surface area contributed by atoms with Crippen LogP contribution in [0.1, 0.15) is 27.8 Å². The first-order valence-electron chi connectivity index (χ1n) is 8.53. The van der Waals surface area contributed by atoms with E-state index in [1.807, 2.05) is 38.1 Å². The normalized spacial score (nSPS) is 11.0. The van der Waals surface area contributed by atoms with Gasteiger partial charge < -0.3 is 10.2 Å². The molecule has 0 aliphatic carbocycles. The molecule has 1 amide bonds. The lowest BCUT2D eigenvalue weighted by molar-refractivity contribution is -0.114. The second-order valence-corrected chi connectivity index (χ2v) is 6.05. The van der Waals surface area contributed by atoms with Crippen LogP contribution in [0, 0.1) is 13.8 Å². The number of likely N-dealkylation sites (N-methyl/N-ethyl adjacent to an activating group) is 1. The highest BCUT2D eigenvalue weighted by Crippen LogP contribution is 2.18. The molecule has 0 aromatic heterocycles. The van der Waals surface area contributed by atoms with E-state index in [9.17, 15) is 4.79 Å². The fourth-order valence-corrected chi connectivity index (χ4v) is 2.62. The number of amides is 1. The third kappa shape index (κ3) is 5.18. The summed E-state index contributed by atoms with van der Waals surface area (Å²) >= 11 is 0. The van der Waals surface area contributed by atoms with Gasteiger partial charge in [-0.1, -0.05) is 53.7 Å². The van der Waals surface area contributed by atoms with E-state index >= 15 is 0 Å². The first kappa shape index (κ1) is 20.2. The van der Waals surface area contributed by atoms with Crippen LogP contribution in [0.3, 0.4) is 0 Å². The molecular weight excluding hydrogens is 342 g/mol. The van der Waals surface area contributed by atoms with Gasteiger partial charge in [-0.15, -0.1) is 0 Å². The maximum Gasteiger partial charge on any atom is 0.273 e. The average molecular weight is 367 g/mol. The van der Waals surface area contributed by atoms with Gasteiger partial charge in [0.15, 0.2) is 5.71 Å². The Morgan fingerprint density at radius 1 is 1.15 bits per heavy atom. The van der Waals surface area contributed by atoms with Crippen LogP contribution in [0.25, 0.3) is 5.70 Å². The summed E-state index contributed by atoms with van der Waals surface area (Å²) in [5, 5.41) is 6.41. The van der Waals surface area contributed by atoms with E-state index in [1.165, 1.54) is 7.11 Å². The Balaban J connectivity index is 2.13. The van der Waals surface area contributed by atoms with Crippen molar-refractivity contribution in [2.24, 2.45) is 5.16 Å². The summed E-state index contributed by atoms with van der Waals surface area (Å²) in [5.74, 6) is -0.336. The molecule has 6 heteroatoms. The molecule has 0 heterocycles. The van der Waals surface area contributed by atoms with Crippen molar-refractivity contribution in [3.05, 3.63) is 76.9 Å². The van der Waals surface area contributed by atoms with E-state index in [0.717, 1.165) is 22.3 Å². The van der Waals surface area contributed by atoms with E-state index in [1.54, 1.807) is 13.1 Å². The van der Waals surface area contributed by atoms with E-state index in [-0.39, 0.29) is 18.2 Å². The molecule has 2 rings (SSSR count). The zero-order chi connectivity index (χ0) is 19.8. The van der Waals surface area contributed by atoms with Crippen molar-refractivity contribution in [3.8, 4) is 0 Å². The summed E-state index contributed by atoms with van der Waals surface area (Å²) in [6.45, 7) is 8.32. The van der Waals surface area contributed by atoms with Crippen LogP contribution in [0.5, 0.6) is 0 Å². The number of rotatable bonds is 8. The SMILES string of the molecule is C=C(NOCc1ccccc1C(=NOC)C(=O)NC)c1cc(C)ccc1C. The molecule has 142 valence electrons. The maximum atomic E-state index is 12.1. The summed E-state index contributed by atoms with van der Waals surface area (Å²) < 4.78 is 0. The van der Waals surface area contributed by atoms with Gasteiger partial charge in [0.2, 0.25) is 0 Å². The summed E-state index contributed by atoms with van der Waals surface area (Å²) in [6.07, 6.45) is 0. The molecule has 6 nitrogen and oxygen atoms in total. The number of hydrogen-bond acceptors (Lipinski definition) is 5. The van der Waals surface area contributed by atoms with Crippen molar-refractivity contribution in [1.82, 2.24) is 10.8 Å². The average Bonchev–Trinajstić information content (AvgIpc) is 2.67. The van der Waals surface area contributed by atoms with Gasteiger partial charge in [0.1, 0.15) is 13.7 Å². The monoisotopic (exact) mass is 367 g/mol. The molecule has 0 bridgehead atoms. The van der Waals surface area contributed by atoms with Gasteiger partial charge in [0.25, 0.3) is 5.91 Å². The van der Waals surface area contributed by atoms with Crippen molar-refractivity contribution in [2.75, 3.05) is 14.2 Å². The lowest BCUT2D eigenvalue weighted by atomic mass is 10.0. The highest BCUT2D eigenvalue weighted by atomic mass is 16.6. The molecule has 0 saturated heterocycles. The summed E-state index contributed by atoms with van der Waals surface area (Å²) in [5.41, 5.74) is 8.43. The Kier molecular flexibility index (Phi) is 7.14. The molecule has 0 aliphatic rings. The largest absolute Gasteiger partial charge is 0.398 e. The number of carbonyl (C=O) groups excluding carboxylic acids is 1. The molecular formula is C21H25N3O3. The van der Waals surface area contributed by atoms with Gasteiger partial charge in [-0.3, -0.25) is 15.1 Å². The molecule has 0 atom stereocenters. The second-order valence-electron chi connectivity index (χ2n) is 6.05. The molecule has 2 aromatic carbocycles. The number of nitrogens with zero attached hydrogens (tertiary/aromatic N) is 1. The number of oxime groups is 1. The second kappa shape index (κ2) is 9.54. The van der Waals surface area contributed by atoms with Gasteiger partial charge in [-0.05, 0) is 31.0 Å². The van der Waals surface area contributed by atoms with Crippen molar-refractivity contribution in [3.63, 3.8) is 0 Å². The van der Waals surface area contributed by atoms with Gasteiger partial charge in [-0.25, -0.2) is 0 Å². The molecule has 0 unspecified atom stereocenters. The minimum absolute atomic E-state index is 0.188. The number of nitrogens with one attached hydrogen (secondary N) is 2. The van der Waals surface area contributed by atoms with Crippen molar-refractivity contribution >= 4 is 17.3 Å². The highest BCUT2D eigenvalue weighted by molar-refractivity contribution is 6.45. The van der Waals surface area contributed by atoms with Crippen LogP contribution in [0.4, 0.5) is 0 Å². The Labute approximate surface area is 159 Å². The summed E-state index contributed by atoms with van der Waals surface area (Å²) in [6, 6.07) is 13.5. The maximum absolute atomic E-state index is 12.1. The Hall–Kier alpha value is -3.12. The van der Waals surface area contributed by atoms with Gasteiger partial charge in [-0.2, -0.15) is 0 Å². The topological polar surface area (TPSA) is 71.9 Å². The van der Waals surface area contributed by atoms with Crippen LogP contribution in [0.15, 0.2) is 54.2 Å². The molecule has 2 N–H and O–H groups in total. The molecule has 0 saturated carbocycles. The van der Waals surface area contributed by atoms with E-state index in [2.05, 4.69) is 34.7 Å². The molecule has 0 fully saturated rings. The third-order valence-electron chi connectivity index (χ3n) is 4.04. The third-order valence-corrected chi connectivity index (χ3v) is 4.04. The number of aryl methyl sites for hydroxylation is 2. The predicted octanol–water partition coefficient (Wildman–Crippen LogP) is 3.09. The van der Waals surface area contributed by atoms with Crippen molar-refractivity contribution < 1.29 is 14.5 Å². The van der Waals surface area contributed by atoms with Gasteiger partial charge in [0, 0.05) is 18.2 Å². The van der Waals surface area contributed by atoms with Crippen molar-refractivity contribution in [1.29, 1.82) is 0 Å². The number of hydroxylamine groups is 1. The fraction of sp³-hybridized carbons (Fsp3) is 0.238. The smallest absolute Gasteiger partial charge is 0.273 e. The zero-order valence-electron chi connectivity index (χ0n) is 16.1. The molecule has 0 spiro atoms. The minimum Gasteiger partial charge on any atom is -0.398 e. The number of benzene rings is 2. The Bertz CT molecular complexity index is 860. The molecule has 0 aliphatic heterocycles. The van der Waals surface area contributed by atoms with Crippen LogP contribution in [-0.2, 0) is 21.1 Å². The zero-order valence-corrected chi connectivity index (χ0v) is 16.1. The number of hydrogen-bond donors (Lipinski definition) is 2. The van der Waals surface area contributed by atoms with Gasteiger partial charge >= 0.3 is 0 Å². The summed E-state index contributed by atoms with van der Waals surface area (Å²) in [7, 11) is 2.94. The molecule has 27 heavy (non-hydrogen) atoms.